The van der Waals surface area contributed by atoms with Crippen molar-refractivity contribution < 1.29 is 44.2 Å². The highest BCUT2D eigenvalue weighted by molar-refractivity contribution is 5.69. The zero-order chi connectivity index (χ0) is 37.9. The van der Waals surface area contributed by atoms with Gasteiger partial charge in [0.25, 0.3) is 0 Å². The number of rotatable bonds is 34. The van der Waals surface area contributed by atoms with E-state index in [4.69, 9.17) is 18.9 Å². The van der Waals surface area contributed by atoms with E-state index < -0.39 is 43.4 Å². The van der Waals surface area contributed by atoms with E-state index >= 15 is 0 Å². The van der Waals surface area contributed by atoms with Crippen LogP contribution in [0.4, 0.5) is 0 Å². The molecule has 0 aromatic carbocycles. The van der Waals surface area contributed by atoms with Crippen molar-refractivity contribution in [1.29, 1.82) is 0 Å². The smallest absolute Gasteiger partial charge is 0.306 e. The Morgan fingerprint density at radius 1 is 0.635 bits per heavy atom. The van der Waals surface area contributed by atoms with E-state index in [1.807, 2.05) is 0 Å². The molecule has 1 rings (SSSR count). The maximum Gasteiger partial charge on any atom is 0.306 e. The Balaban J connectivity index is 2.34. The second kappa shape index (κ2) is 34.9. The summed E-state index contributed by atoms with van der Waals surface area (Å²) in [5.74, 6) is -0.354. The van der Waals surface area contributed by atoms with Gasteiger partial charge in [-0.3, -0.25) is 4.79 Å². The van der Waals surface area contributed by atoms with Crippen molar-refractivity contribution in [3.63, 3.8) is 0 Å². The van der Waals surface area contributed by atoms with E-state index in [0.717, 1.165) is 51.4 Å². The van der Waals surface area contributed by atoms with E-state index in [9.17, 15) is 25.2 Å². The van der Waals surface area contributed by atoms with Crippen LogP contribution in [-0.2, 0) is 23.7 Å². The van der Waals surface area contributed by atoms with Crippen molar-refractivity contribution in [2.24, 2.45) is 0 Å². The molecule has 0 aliphatic carbocycles. The molecule has 302 valence electrons. The molecule has 0 saturated carbocycles. The van der Waals surface area contributed by atoms with E-state index in [0.29, 0.717) is 13.0 Å². The number of ether oxygens (including phenoxy) is 4. The van der Waals surface area contributed by atoms with Crippen LogP contribution in [0, 0.1) is 0 Å². The van der Waals surface area contributed by atoms with Crippen LogP contribution in [0.2, 0.25) is 0 Å². The van der Waals surface area contributed by atoms with Gasteiger partial charge in [0, 0.05) is 13.0 Å². The van der Waals surface area contributed by atoms with Crippen LogP contribution in [0.25, 0.3) is 0 Å². The van der Waals surface area contributed by atoms with Gasteiger partial charge in [-0.1, -0.05) is 146 Å². The Labute approximate surface area is 316 Å². The fourth-order valence-corrected chi connectivity index (χ4v) is 6.01. The lowest BCUT2D eigenvalue weighted by molar-refractivity contribution is -0.305. The summed E-state index contributed by atoms with van der Waals surface area (Å²) >= 11 is 0. The summed E-state index contributed by atoms with van der Waals surface area (Å²) in [6.07, 6.45) is 34.2. The van der Waals surface area contributed by atoms with Gasteiger partial charge < -0.3 is 39.4 Å². The van der Waals surface area contributed by atoms with Crippen LogP contribution >= 0.6 is 0 Å². The Morgan fingerprint density at radius 2 is 1.17 bits per heavy atom. The number of allylic oxidation sites excluding steroid dienone is 8. The van der Waals surface area contributed by atoms with E-state index in [1.54, 1.807) is 0 Å². The van der Waals surface area contributed by atoms with Crippen molar-refractivity contribution in [2.45, 2.75) is 192 Å². The number of aliphatic hydroxyl groups excluding tert-OH is 4. The third-order valence-electron chi connectivity index (χ3n) is 9.26. The Morgan fingerprint density at radius 3 is 1.73 bits per heavy atom. The number of esters is 1. The monoisotopic (exact) mass is 737 g/mol. The van der Waals surface area contributed by atoms with Gasteiger partial charge in [-0.2, -0.15) is 0 Å². The zero-order valence-corrected chi connectivity index (χ0v) is 32.8. The number of carbonyl (C=O) groups is 1. The van der Waals surface area contributed by atoms with E-state index in [1.165, 1.54) is 77.0 Å². The summed E-state index contributed by atoms with van der Waals surface area (Å²) in [5.41, 5.74) is 0. The summed E-state index contributed by atoms with van der Waals surface area (Å²) in [4.78, 5) is 12.7. The Kier molecular flexibility index (Phi) is 32.3. The zero-order valence-electron chi connectivity index (χ0n) is 32.8. The summed E-state index contributed by atoms with van der Waals surface area (Å²) in [6.45, 7) is 4.39. The first-order chi connectivity index (χ1) is 25.4. The minimum atomic E-state index is -1.54. The molecule has 1 aliphatic heterocycles. The summed E-state index contributed by atoms with van der Waals surface area (Å²) < 4.78 is 22.7. The highest BCUT2D eigenvalue weighted by atomic mass is 16.7. The van der Waals surface area contributed by atoms with Crippen LogP contribution in [0.15, 0.2) is 48.6 Å². The standard InChI is InChI=1S/C43H76O9/c1-3-5-7-9-11-13-15-17-19-20-22-24-26-28-30-32-39(45)51-37(36-50-43-42(48)41(47)40(46)38(34-44)52-43)35-49-33-31-29-27-25-23-21-18-16-14-12-10-8-6-4-2/h5,7,11,13,17,19,22,24,37-38,40-44,46-48H,3-4,6,8-10,12,14-16,18,20-21,23,25-36H2,1-2H3/b7-5-,13-11-,19-17-,24-22-. The molecule has 0 bridgehead atoms. The number of hydrogen-bond acceptors (Lipinski definition) is 9. The summed E-state index contributed by atoms with van der Waals surface area (Å²) in [6, 6.07) is 0. The normalized spacial score (nSPS) is 21.7. The molecule has 9 heteroatoms. The number of aliphatic hydroxyl groups is 4. The van der Waals surface area contributed by atoms with Crippen molar-refractivity contribution in [3.05, 3.63) is 48.6 Å². The lowest BCUT2D eigenvalue weighted by Gasteiger charge is -2.39. The predicted octanol–water partition coefficient (Wildman–Crippen LogP) is 8.58. The fraction of sp³-hybridized carbons (Fsp3) is 0.791. The number of hydrogen-bond donors (Lipinski definition) is 4. The van der Waals surface area contributed by atoms with Crippen LogP contribution in [0.1, 0.15) is 155 Å². The Hall–Kier alpha value is -1.85. The third kappa shape index (κ3) is 26.0. The molecule has 1 aliphatic rings. The minimum Gasteiger partial charge on any atom is -0.457 e. The molecule has 6 unspecified atom stereocenters. The summed E-state index contributed by atoms with van der Waals surface area (Å²) in [5, 5.41) is 40.0. The fourth-order valence-electron chi connectivity index (χ4n) is 6.01. The molecule has 6 atom stereocenters. The minimum absolute atomic E-state index is 0.129. The van der Waals surface area contributed by atoms with Crippen molar-refractivity contribution in [2.75, 3.05) is 26.4 Å². The average Bonchev–Trinajstić information content (AvgIpc) is 3.14. The average molecular weight is 737 g/mol. The molecule has 0 amide bonds. The predicted molar refractivity (Wildman–Crippen MR) is 210 cm³/mol. The second-order valence-electron chi connectivity index (χ2n) is 14.1. The number of unbranched alkanes of at least 4 members (excludes halogenated alkanes) is 15. The van der Waals surface area contributed by atoms with Gasteiger partial charge in [0.2, 0.25) is 0 Å². The van der Waals surface area contributed by atoms with Crippen LogP contribution < -0.4 is 0 Å². The molecule has 0 aromatic heterocycles. The first kappa shape index (κ1) is 48.2. The highest BCUT2D eigenvalue weighted by Gasteiger charge is 2.44. The molecule has 9 nitrogen and oxygen atoms in total. The largest absolute Gasteiger partial charge is 0.457 e. The molecule has 1 heterocycles. The molecule has 4 N–H and O–H groups in total. The lowest BCUT2D eigenvalue weighted by atomic mass is 9.99. The first-order valence-electron chi connectivity index (χ1n) is 20.7. The van der Waals surface area contributed by atoms with Gasteiger partial charge in [-0.05, 0) is 51.4 Å². The van der Waals surface area contributed by atoms with Crippen LogP contribution in [0.3, 0.4) is 0 Å². The highest BCUT2D eigenvalue weighted by Crippen LogP contribution is 2.22. The SMILES string of the molecule is CC/C=C\C/C=C\C/C=C\C/C=C\CCCCC(=O)OC(COCCCCCCCCCCCCCCCC)COC1OC(CO)C(O)C(O)C1O. The van der Waals surface area contributed by atoms with Gasteiger partial charge >= 0.3 is 5.97 Å². The molecule has 1 saturated heterocycles. The topological polar surface area (TPSA) is 135 Å². The summed E-state index contributed by atoms with van der Waals surface area (Å²) in [7, 11) is 0. The lowest BCUT2D eigenvalue weighted by Crippen LogP contribution is -2.59. The van der Waals surface area contributed by atoms with Gasteiger partial charge in [0.15, 0.2) is 6.29 Å². The van der Waals surface area contributed by atoms with Gasteiger partial charge in [-0.15, -0.1) is 0 Å². The maximum absolute atomic E-state index is 12.7. The van der Waals surface area contributed by atoms with Crippen molar-refractivity contribution in [1.82, 2.24) is 0 Å². The molecule has 0 radical (unpaired) electrons. The molecule has 1 fully saturated rings. The second-order valence-corrected chi connectivity index (χ2v) is 14.1. The quantitative estimate of drug-likeness (QED) is 0.0291. The van der Waals surface area contributed by atoms with Crippen LogP contribution in [-0.4, -0.2) is 89.6 Å². The first-order valence-corrected chi connectivity index (χ1v) is 20.7. The maximum atomic E-state index is 12.7. The number of carbonyl (C=O) groups excluding carboxylic acids is 1. The Bertz CT molecular complexity index is 932. The molecule has 0 spiro atoms. The van der Waals surface area contributed by atoms with Crippen LogP contribution in [0.5, 0.6) is 0 Å². The van der Waals surface area contributed by atoms with Gasteiger partial charge in [0.05, 0.1) is 19.8 Å². The van der Waals surface area contributed by atoms with Gasteiger partial charge in [0.1, 0.15) is 30.5 Å². The van der Waals surface area contributed by atoms with Crippen molar-refractivity contribution in [3.8, 4) is 0 Å². The molecule has 0 aromatic rings. The third-order valence-corrected chi connectivity index (χ3v) is 9.26. The van der Waals surface area contributed by atoms with E-state index in [-0.39, 0.29) is 25.6 Å². The molecule has 52 heavy (non-hydrogen) atoms. The van der Waals surface area contributed by atoms with Crippen molar-refractivity contribution >= 4 is 5.97 Å². The van der Waals surface area contributed by atoms with Gasteiger partial charge in [-0.25, -0.2) is 0 Å². The molecular formula is C43H76O9. The molecular weight excluding hydrogens is 660 g/mol. The van der Waals surface area contributed by atoms with E-state index in [2.05, 4.69) is 62.5 Å².